The fourth-order valence-electron chi connectivity index (χ4n) is 2.01. The number of nitrogens with zero attached hydrogens (tertiary/aromatic N) is 4. The molecule has 1 aromatic carbocycles. The van der Waals surface area contributed by atoms with Gasteiger partial charge in [0.15, 0.2) is 0 Å². The number of aryl methyl sites for hydroxylation is 1. The lowest BCUT2D eigenvalue weighted by Crippen LogP contribution is -2.09. The van der Waals surface area contributed by atoms with Crippen molar-refractivity contribution in [2.45, 2.75) is 13.5 Å². The Bertz CT molecular complexity index is 631. The zero-order valence-corrected chi connectivity index (χ0v) is 11.7. The number of nitro groups is 1. The second-order valence-electron chi connectivity index (χ2n) is 4.79. The molecule has 2 aromatic rings. The molecule has 0 bridgehead atoms. The predicted molar refractivity (Wildman–Crippen MR) is 77.9 cm³/mol. The van der Waals surface area contributed by atoms with Crippen LogP contribution in [0.4, 0.5) is 17.2 Å². The maximum Gasteiger partial charge on any atom is 0.333 e. The average Bonchev–Trinajstić information content (AvgIpc) is 2.65. The van der Waals surface area contributed by atoms with Crippen LogP contribution in [0.25, 0.3) is 0 Å². The third-order valence-electron chi connectivity index (χ3n) is 3.10. The zero-order chi connectivity index (χ0) is 14.9. The summed E-state index contributed by atoms with van der Waals surface area (Å²) in [4.78, 5) is 12.4. The summed E-state index contributed by atoms with van der Waals surface area (Å²) in [5, 5.41) is 15.0. The lowest BCUT2D eigenvalue weighted by atomic mass is 10.2. The van der Waals surface area contributed by atoms with Crippen LogP contribution < -0.4 is 10.6 Å². The predicted octanol–water partition coefficient (Wildman–Crippen LogP) is 1.80. The van der Waals surface area contributed by atoms with Gasteiger partial charge >= 0.3 is 5.69 Å². The number of anilines is 2. The van der Waals surface area contributed by atoms with E-state index in [0.29, 0.717) is 12.2 Å². The fourth-order valence-corrected chi connectivity index (χ4v) is 2.01. The van der Waals surface area contributed by atoms with Gasteiger partial charge < -0.3 is 10.6 Å². The zero-order valence-electron chi connectivity index (χ0n) is 11.7. The van der Waals surface area contributed by atoms with Gasteiger partial charge in [-0.3, -0.25) is 10.1 Å². The van der Waals surface area contributed by atoms with E-state index in [0.717, 1.165) is 11.3 Å². The molecule has 7 heteroatoms. The Morgan fingerprint density at radius 3 is 2.40 bits per heavy atom. The highest BCUT2D eigenvalue weighted by atomic mass is 16.6. The van der Waals surface area contributed by atoms with Crippen molar-refractivity contribution >= 4 is 17.2 Å². The van der Waals surface area contributed by atoms with Crippen molar-refractivity contribution in [3.05, 3.63) is 45.6 Å². The van der Waals surface area contributed by atoms with E-state index in [2.05, 4.69) is 5.10 Å². The van der Waals surface area contributed by atoms with Gasteiger partial charge in [-0.2, -0.15) is 5.10 Å². The van der Waals surface area contributed by atoms with Gasteiger partial charge in [-0.1, -0.05) is 12.1 Å². The minimum atomic E-state index is -0.497. The first kappa shape index (κ1) is 13.9. The molecule has 0 saturated heterocycles. The lowest BCUT2D eigenvalue weighted by Gasteiger charge is -2.12. The molecule has 0 amide bonds. The Kier molecular flexibility index (Phi) is 3.60. The number of rotatable bonds is 4. The highest BCUT2D eigenvalue weighted by molar-refractivity contribution is 5.56. The summed E-state index contributed by atoms with van der Waals surface area (Å²) in [6, 6.07) is 7.88. The normalized spacial score (nSPS) is 10.6. The Balaban J connectivity index is 2.26. The van der Waals surface area contributed by atoms with Gasteiger partial charge in [0, 0.05) is 19.8 Å². The first-order valence-corrected chi connectivity index (χ1v) is 6.13. The number of benzene rings is 1. The van der Waals surface area contributed by atoms with E-state index in [9.17, 15) is 10.1 Å². The molecule has 2 rings (SSSR count). The first-order chi connectivity index (χ1) is 9.40. The van der Waals surface area contributed by atoms with Gasteiger partial charge in [-0.25, -0.2) is 4.68 Å². The lowest BCUT2D eigenvalue weighted by molar-refractivity contribution is -0.384. The minimum absolute atomic E-state index is 0.0872. The standard InChI is InChI=1S/C13H17N5O2/c1-9-12(18(19)20)13(14)17(15-9)8-10-4-6-11(7-5-10)16(2)3/h4-7H,8,14H2,1-3H3. The fraction of sp³-hybridized carbons (Fsp3) is 0.308. The van der Waals surface area contributed by atoms with Gasteiger partial charge in [0.1, 0.15) is 5.69 Å². The minimum Gasteiger partial charge on any atom is -0.378 e. The van der Waals surface area contributed by atoms with Crippen LogP contribution in [-0.2, 0) is 6.54 Å². The molecule has 0 aliphatic rings. The summed E-state index contributed by atoms with van der Waals surface area (Å²) in [5.74, 6) is 0.0872. The second-order valence-corrected chi connectivity index (χ2v) is 4.79. The molecule has 1 heterocycles. The van der Waals surface area contributed by atoms with Crippen molar-refractivity contribution in [3.63, 3.8) is 0 Å². The number of aromatic nitrogens is 2. The quantitative estimate of drug-likeness (QED) is 0.678. The van der Waals surface area contributed by atoms with Crippen LogP contribution in [0.2, 0.25) is 0 Å². The molecule has 0 atom stereocenters. The molecule has 0 aliphatic heterocycles. The van der Waals surface area contributed by atoms with E-state index in [-0.39, 0.29) is 11.5 Å². The Labute approximate surface area is 116 Å². The molecule has 0 spiro atoms. The van der Waals surface area contributed by atoms with Crippen LogP contribution in [0.1, 0.15) is 11.3 Å². The maximum absolute atomic E-state index is 10.9. The van der Waals surface area contributed by atoms with E-state index >= 15 is 0 Å². The number of nitrogen functional groups attached to an aromatic ring is 1. The van der Waals surface area contributed by atoms with Crippen LogP contribution in [0.5, 0.6) is 0 Å². The molecule has 0 aliphatic carbocycles. The van der Waals surface area contributed by atoms with Crippen molar-refractivity contribution in [1.29, 1.82) is 0 Å². The monoisotopic (exact) mass is 275 g/mol. The highest BCUT2D eigenvalue weighted by Crippen LogP contribution is 2.25. The van der Waals surface area contributed by atoms with Gasteiger partial charge in [-0.15, -0.1) is 0 Å². The first-order valence-electron chi connectivity index (χ1n) is 6.13. The van der Waals surface area contributed by atoms with E-state index in [1.165, 1.54) is 4.68 Å². The molecule has 1 aromatic heterocycles. The number of nitrogens with two attached hydrogens (primary N) is 1. The van der Waals surface area contributed by atoms with E-state index in [1.807, 2.05) is 43.3 Å². The molecule has 0 radical (unpaired) electrons. The van der Waals surface area contributed by atoms with Crippen molar-refractivity contribution < 1.29 is 4.92 Å². The molecule has 20 heavy (non-hydrogen) atoms. The van der Waals surface area contributed by atoms with Crippen molar-refractivity contribution in [2.24, 2.45) is 0 Å². The molecule has 0 saturated carbocycles. The molecular weight excluding hydrogens is 258 g/mol. The van der Waals surface area contributed by atoms with Crippen LogP contribution in [0.15, 0.2) is 24.3 Å². The third kappa shape index (κ3) is 2.56. The van der Waals surface area contributed by atoms with Crippen LogP contribution in [-0.4, -0.2) is 28.8 Å². The summed E-state index contributed by atoms with van der Waals surface area (Å²) in [6.45, 7) is 1.99. The second kappa shape index (κ2) is 5.20. The number of hydrogen-bond acceptors (Lipinski definition) is 5. The summed E-state index contributed by atoms with van der Waals surface area (Å²) >= 11 is 0. The van der Waals surface area contributed by atoms with Gasteiger partial charge in [0.2, 0.25) is 5.82 Å². The Hall–Kier alpha value is -2.57. The summed E-state index contributed by atoms with van der Waals surface area (Å²) in [5.41, 5.74) is 8.07. The number of hydrogen-bond donors (Lipinski definition) is 1. The van der Waals surface area contributed by atoms with Crippen molar-refractivity contribution in [2.75, 3.05) is 24.7 Å². The van der Waals surface area contributed by atoms with Gasteiger partial charge in [0.05, 0.1) is 11.5 Å². The van der Waals surface area contributed by atoms with Gasteiger partial charge in [0.25, 0.3) is 0 Å². The average molecular weight is 275 g/mol. The topological polar surface area (TPSA) is 90.2 Å². The largest absolute Gasteiger partial charge is 0.378 e. The van der Waals surface area contributed by atoms with Crippen molar-refractivity contribution in [1.82, 2.24) is 9.78 Å². The summed E-state index contributed by atoms with van der Waals surface area (Å²) < 4.78 is 1.46. The van der Waals surface area contributed by atoms with E-state index < -0.39 is 4.92 Å². The van der Waals surface area contributed by atoms with Crippen LogP contribution in [0.3, 0.4) is 0 Å². The maximum atomic E-state index is 10.9. The summed E-state index contributed by atoms with van der Waals surface area (Å²) in [7, 11) is 3.93. The SMILES string of the molecule is Cc1nn(Cc2ccc(N(C)C)cc2)c(N)c1[N+](=O)[O-]. The van der Waals surface area contributed by atoms with E-state index in [4.69, 9.17) is 5.73 Å². The highest BCUT2D eigenvalue weighted by Gasteiger charge is 2.22. The Morgan fingerprint density at radius 1 is 1.35 bits per heavy atom. The van der Waals surface area contributed by atoms with Crippen molar-refractivity contribution in [3.8, 4) is 0 Å². The van der Waals surface area contributed by atoms with Gasteiger partial charge in [-0.05, 0) is 24.6 Å². The molecular formula is C13H17N5O2. The smallest absolute Gasteiger partial charge is 0.333 e. The molecule has 0 unspecified atom stereocenters. The van der Waals surface area contributed by atoms with Crippen LogP contribution in [0, 0.1) is 17.0 Å². The summed E-state index contributed by atoms with van der Waals surface area (Å²) in [6.07, 6.45) is 0. The molecule has 2 N–H and O–H groups in total. The third-order valence-corrected chi connectivity index (χ3v) is 3.10. The molecule has 7 nitrogen and oxygen atoms in total. The Morgan fingerprint density at radius 2 is 1.95 bits per heavy atom. The van der Waals surface area contributed by atoms with Crippen LogP contribution >= 0.6 is 0 Å². The molecule has 106 valence electrons. The molecule has 0 fully saturated rings. The van der Waals surface area contributed by atoms with E-state index in [1.54, 1.807) is 6.92 Å².